The first-order valence-corrected chi connectivity index (χ1v) is 6.44. The fourth-order valence-electron chi connectivity index (χ4n) is 0.244. The molecular formula is C6H10ClSi. The Balaban J connectivity index is 3.89. The predicted octanol–water partition coefficient (Wildman–Crippen LogP) is 2.57. The molecule has 0 aromatic carbocycles. The lowest BCUT2D eigenvalue weighted by atomic mass is 11.0. The molecule has 0 heterocycles. The number of halogens is 1. The highest BCUT2D eigenvalue weighted by Crippen LogP contribution is 1.98. The molecular weight excluding hydrogens is 136 g/mol. The maximum Gasteiger partial charge on any atom is 0.0882 e. The Morgan fingerprint density at radius 2 is 1.88 bits per heavy atom. The minimum absolute atomic E-state index is 1.15. The van der Waals surface area contributed by atoms with Crippen LogP contribution < -0.4 is 0 Å². The third-order valence-electron chi connectivity index (χ3n) is 0.502. The standard InChI is InChI=1S/C6H10ClSi/c1-8(2,3)6-4-5-7/h5H,1-3H3. The molecule has 0 fully saturated rings. The summed E-state index contributed by atoms with van der Waals surface area (Å²) >= 11 is 5.23. The summed E-state index contributed by atoms with van der Waals surface area (Å²) < 4.78 is 0. The van der Waals surface area contributed by atoms with Crippen molar-refractivity contribution >= 4 is 19.7 Å². The molecule has 0 aliphatic heterocycles. The molecule has 0 atom stereocenters. The first-order valence-electron chi connectivity index (χ1n) is 2.51. The Kier molecular flexibility index (Phi) is 3.14. The van der Waals surface area contributed by atoms with Gasteiger partial charge in [-0.2, -0.15) is 0 Å². The van der Waals surface area contributed by atoms with Crippen LogP contribution >= 0.6 is 11.6 Å². The molecule has 0 amide bonds. The third kappa shape index (κ3) is 6.03. The van der Waals surface area contributed by atoms with Crippen LogP contribution in [0.3, 0.4) is 0 Å². The van der Waals surface area contributed by atoms with Crippen molar-refractivity contribution in [3.63, 3.8) is 0 Å². The summed E-state index contributed by atoms with van der Waals surface area (Å²) in [5, 5.41) is 0. The molecule has 1 radical (unpaired) electrons. The topological polar surface area (TPSA) is 0 Å². The summed E-state index contributed by atoms with van der Waals surface area (Å²) in [6, 6.07) is 0. The smallest absolute Gasteiger partial charge is 0.0882 e. The van der Waals surface area contributed by atoms with Crippen LogP contribution in [0.1, 0.15) is 0 Å². The van der Waals surface area contributed by atoms with E-state index in [9.17, 15) is 0 Å². The molecule has 0 spiro atoms. The van der Waals surface area contributed by atoms with Crippen LogP contribution in [0.5, 0.6) is 0 Å². The van der Waals surface area contributed by atoms with Crippen molar-refractivity contribution in [3.05, 3.63) is 17.0 Å². The monoisotopic (exact) mass is 145 g/mol. The minimum atomic E-state index is -1.15. The molecule has 0 N–H and O–H groups in total. The Hall–Kier alpha value is 0.0269. The van der Waals surface area contributed by atoms with E-state index in [0.717, 1.165) is 0 Å². The van der Waals surface area contributed by atoms with Crippen LogP contribution in [-0.4, -0.2) is 8.07 Å². The molecule has 0 rings (SSSR count). The number of rotatable bonds is 1. The normalized spacial score (nSPS) is 10.0. The van der Waals surface area contributed by atoms with Gasteiger partial charge in [0, 0.05) is 5.54 Å². The Labute approximate surface area is 56.9 Å². The van der Waals surface area contributed by atoms with Crippen LogP contribution in [0.25, 0.3) is 0 Å². The van der Waals surface area contributed by atoms with Crippen molar-refractivity contribution in [1.29, 1.82) is 0 Å². The Morgan fingerprint density at radius 1 is 1.38 bits per heavy atom. The minimum Gasteiger partial charge on any atom is -0.109 e. The largest absolute Gasteiger partial charge is 0.109 e. The molecule has 0 saturated carbocycles. The highest BCUT2D eigenvalue weighted by Gasteiger charge is 2.06. The van der Waals surface area contributed by atoms with Crippen LogP contribution in [0.4, 0.5) is 0 Å². The van der Waals surface area contributed by atoms with Gasteiger partial charge in [-0.15, -0.1) is 5.73 Å². The molecule has 0 aliphatic rings. The van der Waals surface area contributed by atoms with Gasteiger partial charge in [0.05, 0.1) is 8.07 Å². The van der Waals surface area contributed by atoms with Gasteiger partial charge in [-0.3, -0.25) is 0 Å². The van der Waals surface area contributed by atoms with Crippen LogP contribution in [0, 0.1) is 5.70 Å². The van der Waals surface area contributed by atoms with Crippen molar-refractivity contribution in [2.75, 3.05) is 0 Å². The third-order valence-corrected chi connectivity index (χ3v) is 1.51. The van der Waals surface area contributed by atoms with Gasteiger partial charge < -0.3 is 0 Å². The number of hydrogen-bond acceptors (Lipinski definition) is 0. The molecule has 0 nitrogen and oxygen atoms in total. The molecule has 0 bridgehead atoms. The van der Waals surface area contributed by atoms with Gasteiger partial charge in [0.15, 0.2) is 0 Å². The zero-order valence-electron chi connectivity index (χ0n) is 5.46. The average Bonchev–Trinajstić information content (AvgIpc) is 1.59. The summed E-state index contributed by atoms with van der Waals surface area (Å²) in [7, 11) is -1.15. The van der Waals surface area contributed by atoms with E-state index in [1.807, 2.05) is 0 Å². The summed E-state index contributed by atoms with van der Waals surface area (Å²) in [5.74, 6) is 0. The van der Waals surface area contributed by atoms with E-state index < -0.39 is 8.07 Å². The lowest BCUT2D eigenvalue weighted by molar-refractivity contribution is 1.74. The van der Waals surface area contributed by atoms with E-state index in [-0.39, 0.29) is 0 Å². The SMILES string of the molecule is C[Si](C)(C)[C]=C=CCl. The van der Waals surface area contributed by atoms with Gasteiger partial charge >= 0.3 is 0 Å². The fraction of sp³-hybridized carbons (Fsp3) is 0.500. The van der Waals surface area contributed by atoms with Crippen LogP contribution in [-0.2, 0) is 0 Å². The lowest BCUT2D eigenvalue weighted by Crippen LogP contribution is -2.15. The molecule has 0 saturated heterocycles. The molecule has 0 aromatic heterocycles. The van der Waals surface area contributed by atoms with Crippen molar-refractivity contribution in [2.24, 2.45) is 0 Å². The van der Waals surface area contributed by atoms with E-state index in [4.69, 9.17) is 11.6 Å². The molecule has 0 aromatic rings. The summed E-state index contributed by atoms with van der Waals surface area (Å²) in [5.41, 5.74) is 7.19. The second-order valence-corrected chi connectivity index (χ2v) is 7.60. The number of hydrogen-bond donors (Lipinski definition) is 0. The summed E-state index contributed by atoms with van der Waals surface area (Å²) in [4.78, 5) is 0. The van der Waals surface area contributed by atoms with E-state index in [1.54, 1.807) is 0 Å². The van der Waals surface area contributed by atoms with Crippen molar-refractivity contribution in [1.82, 2.24) is 0 Å². The van der Waals surface area contributed by atoms with Gasteiger partial charge in [0.2, 0.25) is 0 Å². The summed E-state index contributed by atoms with van der Waals surface area (Å²) in [6.07, 6.45) is 0. The second kappa shape index (κ2) is 3.13. The van der Waals surface area contributed by atoms with Crippen LogP contribution in [0.2, 0.25) is 19.6 Å². The Bertz CT molecular complexity index is 115. The van der Waals surface area contributed by atoms with E-state index >= 15 is 0 Å². The zero-order valence-corrected chi connectivity index (χ0v) is 7.21. The van der Waals surface area contributed by atoms with Gasteiger partial charge in [-0.05, 0) is 5.70 Å². The van der Waals surface area contributed by atoms with E-state index in [1.165, 1.54) is 5.54 Å². The van der Waals surface area contributed by atoms with Crippen molar-refractivity contribution in [2.45, 2.75) is 19.6 Å². The molecule has 8 heavy (non-hydrogen) atoms. The van der Waals surface area contributed by atoms with E-state index in [0.29, 0.717) is 0 Å². The summed E-state index contributed by atoms with van der Waals surface area (Å²) in [6.45, 7) is 6.54. The Morgan fingerprint density at radius 3 is 2.00 bits per heavy atom. The first-order chi connectivity index (χ1) is 3.56. The lowest BCUT2D eigenvalue weighted by Gasteiger charge is -2.03. The highest BCUT2D eigenvalue weighted by atomic mass is 35.5. The highest BCUT2D eigenvalue weighted by molar-refractivity contribution is 6.78. The average molecular weight is 146 g/mol. The fourth-order valence-corrected chi connectivity index (χ4v) is 0.895. The molecule has 0 aliphatic carbocycles. The van der Waals surface area contributed by atoms with Crippen molar-refractivity contribution < 1.29 is 0 Å². The first kappa shape index (κ1) is 8.03. The van der Waals surface area contributed by atoms with E-state index in [2.05, 4.69) is 31.1 Å². The maximum absolute atomic E-state index is 5.23. The van der Waals surface area contributed by atoms with Crippen molar-refractivity contribution in [3.8, 4) is 0 Å². The zero-order chi connectivity index (χ0) is 6.62. The van der Waals surface area contributed by atoms with Gasteiger partial charge in [0.1, 0.15) is 0 Å². The van der Waals surface area contributed by atoms with Crippen LogP contribution in [0.15, 0.2) is 11.3 Å². The van der Waals surface area contributed by atoms with Gasteiger partial charge in [-0.25, -0.2) is 0 Å². The van der Waals surface area contributed by atoms with Gasteiger partial charge in [0.25, 0.3) is 0 Å². The molecule has 45 valence electrons. The quantitative estimate of drug-likeness (QED) is 0.393. The molecule has 2 heteroatoms. The maximum atomic E-state index is 5.23. The molecule has 0 unspecified atom stereocenters. The van der Waals surface area contributed by atoms with Gasteiger partial charge in [-0.1, -0.05) is 31.2 Å². The second-order valence-electron chi connectivity index (χ2n) is 2.63. The predicted molar refractivity (Wildman–Crippen MR) is 40.5 cm³/mol.